The monoisotopic (exact) mass is 290 g/mol. The molecule has 21 heavy (non-hydrogen) atoms. The second kappa shape index (κ2) is 6.43. The lowest BCUT2D eigenvalue weighted by Gasteiger charge is -2.07. The summed E-state index contributed by atoms with van der Waals surface area (Å²) in [5, 5.41) is 14.0. The van der Waals surface area contributed by atoms with Crippen molar-refractivity contribution < 1.29 is 4.79 Å². The summed E-state index contributed by atoms with van der Waals surface area (Å²) in [5.41, 5.74) is 9.78. The van der Waals surface area contributed by atoms with Crippen LogP contribution in [0.25, 0.3) is 0 Å². The van der Waals surface area contributed by atoms with Crippen LogP contribution in [-0.2, 0) is 13.0 Å². The van der Waals surface area contributed by atoms with Gasteiger partial charge in [-0.05, 0) is 39.2 Å². The maximum Gasteiger partial charge on any atom is 0.271 e. The third-order valence-corrected chi connectivity index (χ3v) is 3.53. The number of nitrogens with one attached hydrogen (secondary N) is 2. The van der Waals surface area contributed by atoms with Crippen LogP contribution >= 0.6 is 0 Å². The number of nitrogens with zero attached hydrogens (tertiary/aromatic N) is 3. The molecule has 1 amide bonds. The highest BCUT2D eigenvalue weighted by molar-refractivity contribution is 5.97. The van der Waals surface area contributed by atoms with Crippen molar-refractivity contribution in [2.24, 2.45) is 0 Å². The van der Waals surface area contributed by atoms with Crippen LogP contribution in [0, 0.1) is 13.8 Å². The van der Waals surface area contributed by atoms with E-state index >= 15 is 0 Å². The van der Waals surface area contributed by atoms with E-state index in [1.54, 1.807) is 11.6 Å². The molecule has 2 aromatic heterocycles. The minimum Gasteiger partial charge on any atom is -0.395 e. The Kier molecular flexibility index (Phi) is 4.62. The van der Waals surface area contributed by atoms with Gasteiger partial charge in [-0.1, -0.05) is 0 Å². The summed E-state index contributed by atoms with van der Waals surface area (Å²) in [7, 11) is 0. The van der Waals surface area contributed by atoms with Gasteiger partial charge in [0.25, 0.3) is 5.91 Å². The number of amides is 1. The van der Waals surface area contributed by atoms with Crippen molar-refractivity contribution in [3.8, 4) is 0 Å². The zero-order valence-corrected chi connectivity index (χ0v) is 12.7. The molecule has 0 aliphatic carbocycles. The van der Waals surface area contributed by atoms with Gasteiger partial charge in [0.05, 0.1) is 17.6 Å². The molecule has 0 spiro atoms. The standard InChI is InChI=1S/C14H22N6O/c1-4-20-13(12(15)10(3)19-20)14(21)16-7-5-6-11-8-17-18-9(11)2/h8H,4-7,15H2,1-3H3,(H,16,21)(H,17,18). The fraction of sp³-hybridized carbons (Fsp3) is 0.500. The minimum atomic E-state index is -0.168. The molecule has 0 unspecified atom stereocenters. The van der Waals surface area contributed by atoms with Crippen LogP contribution in [0.5, 0.6) is 0 Å². The number of hydrogen-bond donors (Lipinski definition) is 3. The number of hydrogen-bond acceptors (Lipinski definition) is 4. The number of aromatic amines is 1. The number of nitrogens with two attached hydrogens (primary N) is 1. The molecule has 0 fully saturated rings. The Morgan fingerprint density at radius 1 is 1.48 bits per heavy atom. The van der Waals surface area contributed by atoms with Gasteiger partial charge in [-0.2, -0.15) is 10.2 Å². The molecule has 114 valence electrons. The number of anilines is 1. The van der Waals surface area contributed by atoms with Crippen molar-refractivity contribution in [1.29, 1.82) is 0 Å². The zero-order valence-electron chi connectivity index (χ0n) is 12.7. The molecule has 0 aliphatic heterocycles. The van der Waals surface area contributed by atoms with Crippen LogP contribution in [0.1, 0.15) is 40.8 Å². The molecule has 2 rings (SSSR count). The maximum absolute atomic E-state index is 12.2. The van der Waals surface area contributed by atoms with Crippen molar-refractivity contribution in [3.63, 3.8) is 0 Å². The summed E-state index contributed by atoms with van der Waals surface area (Å²) in [6, 6.07) is 0. The van der Waals surface area contributed by atoms with Crippen molar-refractivity contribution >= 4 is 11.6 Å². The first-order valence-electron chi connectivity index (χ1n) is 7.14. The van der Waals surface area contributed by atoms with E-state index in [9.17, 15) is 4.79 Å². The highest BCUT2D eigenvalue weighted by Gasteiger charge is 2.18. The Morgan fingerprint density at radius 3 is 2.86 bits per heavy atom. The predicted octanol–water partition coefficient (Wildman–Crippen LogP) is 1.19. The lowest BCUT2D eigenvalue weighted by molar-refractivity contribution is 0.0943. The third-order valence-electron chi connectivity index (χ3n) is 3.53. The highest BCUT2D eigenvalue weighted by atomic mass is 16.2. The fourth-order valence-corrected chi connectivity index (χ4v) is 2.26. The molecule has 0 saturated carbocycles. The van der Waals surface area contributed by atoms with Crippen molar-refractivity contribution in [3.05, 3.63) is 28.8 Å². The number of rotatable bonds is 6. The third kappa shape index (κ3) is 3.24. The number of carbonyl (C=O) groups is 1. The summed E-state index contributed by atoms with van der Waals surface area (Å²) in [5.74, 6) is -0.168. The number of nitrogen functional groups attached to an aromatic ring is 1. The SMILES string of the molecule is CCn1nc(C)c(N)c1C(=O)NCCCc1cn[nH]c1C. The topological polar surface area (TPSA) is 102 Å². The number of carbonyl (C=O) groups excluding carboxylic acids is 1. The molecule has 4 N–H and O–H groups in total. The predicted molar refractivity (Wildman–Crippen MR) is 81.0 cm³/mol. The molecular weight excluding hydrogens is 268 g/mol. The van der Waals surface area contributed by atoms with Gasteiger partial charge in [-0.3, -0.25) is 14.6 Å². The second-order valence-electron chi connectivity index (χ2n) is 5.04. The Labute approximate surface area is 123 Å². The van der Waals surface area contributed by atoms with Crippen LogP contribution in [0.4, 0.5) is 5.69 Å². The summed E-state index contributed by atoms with van der Waals surface area (Å²) in [4.78, 5) is 12.2. The van der Waals surface area contributed by atoms with Gasteiger partial charge in [0, 0.05) is 18.8 Å². The molecule has 2 heterocycles. The Balaban J connectivity index is 1.89. The first kappa shape index (κ1) is 15.1. The van der Waals surface area contributed by atoms with E-state index < -0.39 is 0 Å². The lowest BCUT2D eigenvalue weighted by Crippen LogP contribution is -2.28. The Morgan fingerprint density at radius 2 is 2.24 bits per heavy atom. The molecule has 2 aromatic rings. The quantitative estimate of drug-likeness (QED) is 0.695. The molecule has 0 atom stereocenters. The van der Waals surface area contributed by atoms with E-state index in [1.165, 1.54) is 5.56 Å². The second-order valence-corrected chi connectivity index (χ2v) is 5.04. The van der Waals surface area contributed by atoms with E-state index in [2.05, 4.69) is 20.6 Å². The largest absolute Gasteiger partial charge is 0.395 e. The van der Waals surface area contributed by atoms with Crippen LogP contribution < -0.4 is 11.1 Å². The van der Waals surface area contributed by atoms with Crippen molar-refractivity contribution in [2.75, 3.05) is 12.3 Å². The molecule has 0 bridgehead atoms. The Bertz CT molecular complexity index is 627. The van der Waals surface area contributed by atoms with E-state index in [0.29, 0.717) is 30.2 Å². The lowest BCUT2D eigenvalue weighted by atomic mass is 10.1. The molecular formula is C14H22N6O. The zero-order chi connectivity index (χ0) is 15.4. The number of H-pyrrole nitrogens is 1. The van der Waals surface area contributed by atoms with E-state index in [-0.39, 0.29) is 5.91 Å². The van der Waals surface area contributed by atoms with Gasteiger partial charge < -0.3 is 11.1 Å². The first-order chi connectivity index (χ1) is 10.0. The fourth-order valence-electron chi connectivity index (χ4n) is 2.26. The molecule has 0 radical (unpaired) electrons. The van der Waals surface area contributed by atoms with Crippen LogP contribution in [0.2, 0.25) is 0 Å². The Hall–Kier alpha value is -2.31. The average molecular weight is 290 g/mol. The van der Waals surface area contributed by atoms with Crippen molar-refractivity contribution in [1.82, 2.24) is 25.3 Å². The molecule has 0 aromatic carbocycles. The highest BCUT2D eigenvalue weighted by Crippen LogP contribution is 2.16. The van der Waals surface area contributed by atoms with Gasteiger partial charge in [0.15, 0.2) is 0 Å². The summed E-state index contributed by atoms with van der Waals surface area (Å²) < 4.78 is 1.64. The number of aromatic nitrogens is 4. The molecule has 7 nitrogen and oxygen atoms in total. The van der Waals surface area contributed by atoms with Gasteiger partial charge in [0.2, 0.25) is 0 Å². The van der Waals surface area contributed by atoms with E-state index in [4.69, 9.17) is 5.73 Å². The summed E-state index contributed by atoms with van der Waals surface area (Å²) in [6.07, 6.45) is 3.56. The number of aryl methyl sites for hydroxylation is 4. The average Bonchev–Trinajstić information content (AvgIpc) is 2.99. The minimum absolute atomic E-state index is 0.168. The van der Waals surface area contributed by atoms with Gasteiger partial charge in [-0.15, -0.1) is 0 Å². The molecule has 7 heteroatoms. The maximum atomic E-state index is 12.2. The first-order valence-corrected chi connectivity index (χ1v) is 7.14. The smallest absolute Gasteiger partial charge is 0.271 e. The van der Waals surface area contributed by atoms with Gasteiger partial charge in [-0.25, -0.2) is 0 Å². The van der Waals surface area contributed by atoms with Crippen LogP contribution in [0.15, 0.2) is 6.20 Å². The van der Waals surface area contributed by atoms with E-state index in [0.717, 1.165) is 18.5 Å². The van der Waals surface area contributed by atoms with Gasteiger partial charge in [0.1, 0.15) is 5.69 Å². The van der Waals surface area contributed by atoms with Crippen LogP contribution in [-0.4, -0.2) is 32.4 Å². The van der Waals surface area contributed by atoms with Gasteiger partial charge >= 0.3 is 0 Å². The normalized spacial score (nSPS) is 10.8. The summed E-state index contributed by atoms with van der Waals surface area (Å²) in [6.45, 7) is 6.94. The van der Waals surface area contributed by atoms with E-state index in [1.807, 2.05) is 20.0 Å². The van der Waals surface area contributed by atoms with Crippen molar-refractivity contribution in [2.45, 2.75) is 40.2 Å². The summed E-state index contributed by atoms with van der Waals surface area (Å²) >= 11 is 0. The molecule has 0 saturated heterocycles. The van der Waals surface area contributed by atoms with Crippen LogP contribution in [0.3, 0.4) is 0 Å². The molecule has 0 aliphatic rings.